The lowest BCUT2D eigenvalue weighted by molar-refractivity contribution is 0.675. The summed E-state index contributed by atoms with van der Waals surface area (Å²) in [5.41, 5.74) is 7.92. The van der Waals surface area contributed by atoms with Crippen LogP contribution >= 0.6 is 12.2 Å². The van der Waals surface area contributed by atoms with Gasteiger partial charge < -0.3 is 10.6 Å². The van der Waals surface area contributed by atoms with Gasteiger partial charge in [0.25, 0.3) is 0 Å². The number of benzene rings is 2. The van der Waals surface area contributed by atoms with Crippen molar-refractivity contribution in [2.24, 2.45) is 0 Å². The average Bonchev–Trinajstić information content (AvgIpc) is 2.58. The molecule has 0 fully saturated rings. The van der Waals surface area contributed by atoms with Crippen LogP contribution in [0.15, 0.2) is 36.4 Å². The number of nitrogens with one attached hydrogen (secondary N) is 2. The van der Waals surface area contributed by atoms with Crippen LogP contribution in [0.5, 0.6) is 0 Å². The third kappa shape index (κ3) is 3.78. The second-order valence-electron chi connectivity index (χ2n) is 6.80. The predicted octanol–water partition coefficient (Wildman–Crippen LogP) is 5.23. The smallest absolute Gasteiger partial charge is 0.171 e. The van der Waals surface area contributed by atoms with E-state index in [1.165, 1.54) is 53.5 Å². The second kappa shape index (κ2) is 7.35. The van der Waals surface area contributed by atoms with E-state index in [4.69, 9.17) is 12.2 Å². The molecule has 0 radical (unpaired) electrons. The summed E-state index contributed by atoms with van der Waals surface area (Å²) in [5.74, 6) is 0. The summed E-state index contributed by atoms with van der Waals surface area (Å²) in [5, 5.41) is 7.43. The summed E-state index contributed by atoms with van der Waals surface area (Å²) < 4.78 is 0. The van der Waals surface area contributed by atoms with Crippen molar-refractivity contribution in [2.75, 3.05) is 5.32 Å². The standard InChI is InChI=1S/C21H26N2S/c1-14-7-6-10-20(15(14)2)23-21(24)22-16(3)18-12-11-17-8-4-5-9-19(17)13-18/h6-7,10-13,16H,4-5,8-9H2,1-3H3,(H2,22,23,24)/t16-/m0/s1. The summed E-state index contributed by atoms with van der Waals surface area (Å²) >= 11 is 5.51. The Hall–Kier alpha value is -1.87. The molecular weight excluding hydrogens is 312 g/mol. The van der Waals surface area contributed by atoms with Crippen molar-refractivity contribution in [3.8, 4) is 0 Å². The van der Waals surface area contributed by atoms with Gasteiger partial charge in [-0.3, -0.25) is 0 Å². The molecule has 2 aromatic carbocycles. The number of thiocarbonyl (C=S) groups is 1. The van der Waals surface area contributed by atoms with Crippen molar-refractivity contribution in [1.82, 2.24) is 5.32 Å². The number of aryl methyl sites for hydroxylation is 3. The summed E-state index contributed by atoms with van der Waals surface area (Å²) in [6, 6.07) is 13.3. The lowest BCUT2D eigenvalue weighted by atomic mass is 9.89. The molecule has 0 amide bonds. The molecule has 2 nitrogen and oxygen atoms in total. The highest BCUT2D eigenvalue weighted by atomic mass is 32.1. The van der Waals surface area contributed by atoms with Gasteiger partial charge in [0.05, 0.1) is 6.04 Å². The van der Waals surface area contributed by atoms with Crippen LogP contribution in [0, 0.1) is 13.8 Å². The molecule has 2 N–H and O–H groups in total. The van der Waals surface area contributed by atoms with Crippen molar-refractivity contribution in [3.63, 3.8) is 0 Å². The lowest BCUT2D eigenvalue weighted by Crippen LogP contribution is -2.31. The molecule has 0 heterocycles. The Kier molecular flexibility index (Phi) is 5.20. The maximum atomic E-state index is 5.51. The van der Waals surface area contributed by atoms with Crippen LogP contribution in [0.1, 0.15) is 53.6 Å². The van der Waals surface area contributed by atoms with Gasteiger partial charge in [-0.25, -0.2) is 0 Å². The van der Waals surface area contributed by atoms with E-state index in [1.807, 2.05) is 0 Å². The van der Waals surface area contributed by atoms with Crippen LogP contribution < -0.4 is 10.6 Å². The Morgan fingerprint density at radius 1 is 1.04 bits per heavy atom. The zero-order valence-corrected chi connectivity index (χ0v) is 15.6. The molecule has 2 aromatic rings. The number of fused-ring (bicyclic) bond motifs is 1. The molecular formula is C21H26N2S. The fraction of sp³-hybridized carbons (Fsp3) is 0.381. The second-order valence-corrected chi connectivity index (χ2v) is 7.21. The van der Waals surface area contributed by atoms with Crippen LogP contribution in [0.4, 0.5) is 5.69 Å². The van der Waals surface area contributed by atoms with Crippen LogP contribution in [0.25, 0.3) is 0 Å². The first kappa shape index (κ1) is 17.0. The molecule has 0 aliphatic heterocycles. The van der Waals surface area contributed by atoms with Crippen molar-refractivity contribution < 1.29 is 0 Å². The van der Waals surface area contributed by atoms with E-state index in [1.54, 1.807) is 0 Å². The monoisotopic (exact) mass is 338 g/mol. The van der Waals surface area contributed by atoms with E-state index in [0.717, 1.165) is 5.69 Å². The quantitative estimate of drug-likeness (QED) is 0.749. The number of hydrogen-bond donors (Lipinski definition) is 2. The molecule has 3 rings (SSSR count). The molecule has 0 aromatic heterocycles. The number of hydrogen-bond acceptors (Lipinski definition) is 1. The Morgan fingerprint density at radius 3 is 2.58 bits per heavy atom. The molecule has 24 heavy (non-hydrogen) atoms. The van der Waals surface area contributed by atoms with Crippen molar-refractivity contribution in [3.05, 3.63) is 64.2 Å². The molecule has 0 unspecified atom stereocenters. The van der Waals surface area contributed by atoms with Gasteiger partial charge >= 0.3 is 0 Å². The van der Waals surface area contributed by atoms with Gasteiger partial charge in [-0.1, -0.05) is 30.3 Å². The van der Waals surface area contributed by atoms with E-state index in [-0.39, 0.29) is 6.04 Å². The average molecular weight is 339 g/mol. The van der Waals surface area contributed by atoms with E-state index < -0.39 is 0 Å². The van der Waals surface area contributed by atoms with Gasteiger partial charge in [0, 0.05) is 5.69 Å². The van der Waals surface area contributed by atoms with Gasteiger partial charge in [0.15, 0.2) is 5.11 Å². The molecule has 1 atom stereocenters. The van der Waals surface area contributed by atoms with Gasteiger partial charge in [-0.2, -0.15) is 0 Å². The van der Waals surface area contributed by atoms with Crippen molar-refractivity contribution in [2.45, 2.75) is 52.5 Å². The highest BCUT2D eigenvalue weighted by Gasteiger charge is 2.13. The van der Waals surface area contributed by atoms with Crippen molar-refractivity contribution in [1.29, 1.82) is 0 Å². The summed E-state index contributed by atoms with van der Waals surface area (Å²) in [7, 11) is 0. The van der Waals surface area contributed by atoms with Crippen LogP contribution in [0.2, 0.25) is 0 Å². The molecule has 1 aliphatic rings. The predicted molar refractivity (Wildman–Crippen MR) is 107 cm³/mol. The Bertz CT molecular complexity index is 751. The lowest BCUT2D eigenvalue weighted by Gasteiger charge is -2.21. The zero-order chi connectivity index (χ0) is 17.1. The molecule has 1 aliphatic carbocycles. The third-order valence-electron chi connectivity index (χ3n) is 5.07. The SMILES string of the molecule is Cc1cccc(NC(=S)N[C@@H](C)c2ccc3c(c2)CCCC3)c1C. The summed E-state index contributed by atoms with van der Waals surface area (Å²) in [6.07, 6.45) is 5.07. The number of anilines is 1. The minimum absolute atomic E-state index is 0.197. The minimum atomic E-state index is 0.197. The molecule has 0 saturated heterocycles. The summed E-state index contributed by atoms with van der Waals surface area (Å²) in [4.78, 5) is 0. The van der Waals surface area contributed by atoms with Gasteiger partial charge in [-0.05, 0) is 92.6 Å². The Balaban J connectivity index is 1.67. The Labute approximate surface area is 150 Å². The minimum Gasteiger partial charge on any atom is -0.356 e. The highest BCUT2D eigenvalue weighted by molar-refractivity contribution is 7.80. The van der Waals surface area contributed by atoms with Crippen LogP contribution in [0.3, 0.4) is 0 Å². The molecule has 126 valence electrons. The fourth-order valence-corrected chi connectivity index (χ4v) is 3.63. The topological polar surface area (TPSA) is 24.1 Å². The van der Waals surface area contributed by atoms with E-state index in [2.05, 4.69) is 67.8 Å². The fourth-order valence-electron chi connectivity index (χ4n) is 3.35. The first-order valence-electron chi connectivity index (χ1n) is 8.80. The molecule has 0 spiro atoms. The van der Waals surface area contributed by atoms with Gasteiger partial charge in [-0.15, -0.1) is 0 Å². The molecule has 3 heteroatoms. The van der Waals surface area contributed by atoms with Crippen molar-refractivity contribution >= 4 is 23.0 Å². The first-order valence-corrected chi connectivity index (χ1v) is 9.21. The van der Waals surface area contributed by atoms with E-state index in [0.29, 0.717) is 5.11 Å². The Morgan fingerprint density at radius 2 is 1.79 bits per heavy atom. The van der Waals surface area contributed by atoms with Gasteiger partial charge in [0.2, 0.25) is 0 Å². The number of rotatable bonds is 3. The van der Waals surface area contributed by atoms with Crippen LogP contribution in [-0.4, -0.2) is 5.11 Å². The van der Waals surface area contributed by atoms with E-state index >= 15 is 0 Å². The third-order valence-corrected chi connectivity index (χ3v) is 5.29. The van der Waals surface area contributed by atoms with E-state index in [9.17, 15) is 0 Å². The maximum Gasteiger partial charge on any atom is 0.171 e. The molecule has 0 bridgehead atoms. The van der Waals surface area contributed by atoms with Gasteiger partial charge in [0.1, 0.15) is 0 Å². The largest absolute Gasteiger partial charge is 0.356 e. The summed E-state index contributed by atoms with van der Waals surface area (Å²) in [6.45, 7) is 6.40. The highest BCUT2D eigenvalue weighted by Crippen LogP contribution is 2.25. The van der Waals surface area contributed by atoms with Crippen LogP contribution in [-0.2, 0) is 12.8 Å². The first-order chi connectivity index (χ1) is 11.5. The zero-order valence-electron chi connectivity index (χ0n) is 14.8. The maximum absolute atomic E-state index is 5.51. The normalized spacial score (nSPS) is 14.6. The molecule has 0 saturated carbocycles.